The molecule has 4 N–H and O–H groups in total. The van der Waals surface area contributed by atoms with Crippen molar-refractivity contribution in [2.45, 2.75) is 71.1 Å². The zero-order valence-electron chi connectivity index (χ0n) is 13.4. The SMILES string of the molecule is BrCCCCCCCCCCBr.CC(CN)CCCN. The molecule has 0 aromatic rings. The Balaban J connectivity index is 0. The van der Waals surface area contributed by atoms with Gasteiger partial charge in [0.05, 0.1) is 0 Å². The molecule has 4 heteroatoms. The summed E-state index contributed by atoms with van der Waals surface area (Å²) in [6.45, 7) is 3.74. The van der Waals surface area contributed by atoms with E-state index < -0.39 is 0 Å². The first-order valence-electron chi connectivity index (χ1n) is 8.24. The second kappa shape index (κ2) is 22.2. The fraction of sp³-hybridized carbons (Fsp3) is 1.00. The van der Waals surface area contributed by atoms with Crippen LogP contribution in [-0.2, 0) is 0 Å². The van der Waals surface area contributed by atoms with Crippen molar-refractivity contribution in [1.29, 1.82) is 0 Å². The van der Waals surface area contributed by atoms with E-state index in [1.807, 2.05) is 0 Å². The van der Waals surface area contributed by atoms with Crippen molar-refractivity contribution in [2.24, 2.45) is 17.4 Å². The number of unbranched alkanes of at least 4 members (excludes halogenated alkanes) is 7. The molecule has 0 aliphatic rings. The van der Waals surface area contributed by atoms with Crippen molar-refractivity contribution in [3.63, 3.8) is 0 Å². The number of hydrogen-bond acceptors (Lipinski definition) is 2. The molecular weight excluding hydrogens is 380 g/mol. The third kappa shape index (κ3) is 23.9. The normalized spacial score (nSPS) is 11.8. The molecule has 2 nitrogen and oxygen atoms in total. The molecule has 0 aromatic carbocycles. The van der Waals surface area contributed by atoms with Crippen LogP contribution in [0.25, 0.3) is 0 Å². The van der Waals surface area contributed by atoms with Gasteiger partial charge in [-0.3, -0.25) is 0 Å². The number of rotatable bonds is 13. The summed E-state index contributed by atoms with van der Waals surface area (Å²) >= 11 is 6.90. The van der Waals surface area contributed by atoms with Crippen molar-refractivity contribution < 1.29 is 0 Å². The molecule has 0 aromatic heterocycles. The van der Waals surface area contributed by atoms with Crippen LogP contribution in [0.4, 0.5) is 0 Å². The molecule has 124 valence electrons. The highest BCUT2D eigenvalue weighted by Crippen LogP contribution is 2.09. The maximum absolute atomic E-state index is 5.37. The van der Waals surface area contributed by atoms with Gasteiger partial charge in [0.1, 0.15) is 0 Å². The lowest BCUT2D eigenvalue weighted by Gasteiger charge is -2.04. The van der Waals surface area contributed by atoms with Gasteiger partial charge >= 0.3 is 0 Å². The average molecular weight is 416 g/mol. The van der Waals surface area contributed by atoms with Crippen LogP contribution < -0.4 is 11.5 Å². The van der Waals surface area contributed by atoms with E-state index >= 15 is 0 Å². The summed E-state index contributed by atoms with van der Waals surface area (Å²) in [5.74, 6) is 0.651. The van der Waals surface area contributed by atoms with Crippen LogP contribution in [0.5, 0.6) is 0 Å². The minimum Gasteiger partial charge on any atom is -0.330 e. The minimum atomic E-state index is 0.651. The zero-order valence-corrected chi connectivity index (χ0v) is 16.6. The van der Waals surface area contributed by atoms with Gasteiger partial charge in [-0.25, -0.2) is 0 Å². The summed E-state index contributed by atoms with van der Waals surface area (Å²) in [7, 11) is 0. The predicted molar refractivity (Wildman–Crippen MR) is 101 cm³/mol. The molecule has 0 rings (SSSR count). The van der Waals surface area contributed by atoms with Crippen LogP contribution in [0.2, 0.25) is 0 Å². The lowest BCUT2D eigenvalue weighted by atomic mass is 10.1. The number of nitrogens with two attached hydrogens (primary N) is 2. The maximum Gasteiger partial charge on any atom is 0.00313 e. The zero-order chi connectivity index (χ0) is 15.5. The summed E-state index contributed by atoms with van der Waals surface area (Å²) < 4.78 is 0. The molecule has 0 radical (unpaired) electrons. The van der Waals surface area contributed by atoms with Crippen molar-refractivity contribution in [3.05, 3.63) is 0 Å². The molecule has 0 spiro atoms. The summed E-state index contributed by atoms with van der Waals surface area (Å²) in [6, 6.07) is 0. The molecule has 0 bridgehead atoms. The van der Waals surface area contributed by atoms with E-state index in [1.165, 1.54) is 68.4 Å². The molecule has 0 amide bonds. The standard InChI is InChI=1S/C10H20Br2.C6H16N2/c11-9-7-5-3-1-2-4-6-8-10-12;1-6(5-8)3-2-4-7/h1-10H2;6H,2-5,7-8H2,1H3. The Bertz CT molecular complexity index is 147. The smallest absolute Gasteiger partial charge is 0.00313 e. The molecule has 20 heavy (non-hydrogen) atoms. The molecule has 0 saturated carbocycles. The Hall–Kier alpha value is 0.880. The lowest BCUT2D eigenvalue weighted by molar-refractivity contribution is 0.525. The van der Waals surface area contributed by atoms with Gasteiger partial charge in [-0.15, -0.1) is 0 Å². The van der Waals surface area contributed by atoms with Gasteiger partial charge in [-0.2, -0.15) is 0 Å². The number of alkyl halides is 2. The third-order valence-electron chi connectivity index (χ3n) is 3.32. The van der Waals surface area contributed by atoms with Gasteiger partial charge in [0.25, 0.3) is 0 Å². The molecule has 1 atom stereocenters. The third-order valence-corrected chi connectivity index (χ3v) is 4.44. The fourth-order valence-electron chi connectivity index (χ4n) is 1.83. The summed E-state index contributed by atoms with van der Waals surface area (Å²) in [5.41, 5.74) is 10.7. The highest BCUT2D eigenvalue weighted by atomic mass is 79.9. The first-order valence-corrected chi connectivity index (χ1v) is 10.5. The van der Waals surface area contributed by atoms with Crippen LogP contribution >= 0.6 is 31.9 Å². The molecule has 0 saturated heterocycles. The van der Waals surface area contributed by atoms with Crippen molar-refractivity contribution >= 4 is 31.9 Å². The Morgan fingerprint density at radius 2 is 1.10 bits per heavy atom. The van der Waals surface area contributed by atoms with E-state index in [0.29, 0.717) is 5.92 Å². The van der Waals surface area contributed by atoms with E-state index in [2.05, 4.69) is 38.8 Å². The largest absolute Gasteiger partial charge is 0.330 e. The topological polar surface area (TPSA) is 52.0 Å². The van der Waals surface area contributed by atoms with E-state index in [-0.39, 0.29) is 0 Å². The van der Waals surface area contributed by atoms with Gasteiger partial charge in [0.15, 0.2) is 0 Å². The highest BCUT2D eigenvalue weighted by Gasteiger charge is 1.95. The fourth-order valence-corrected chi connectivity index (χ4v) is 2.63. The van der Waals surface area contributed by atoms with Crippen LogP contribution in [0.15, 0.2) is 0 Å². The summed E-state index contributed by atoms with van der Waals surface area (Å²) in [4.78, 5) is 0. The Morgan fingerprint density at radius 1 is 0.700 bits per heavy atom. The van der Waals surface area contributed by atoms with E-state index in [9.17, 15) is 0 Å². The van der Waals surface area contributed by atoms with Gasteiger partial charge in [0.2, 0.25) is 0 Å². The van der Waals surface area contributed by atoms with Gasteiger partial charge in [-0.05, 0) is 44.7 Å². The number of halogens is 2. The van der Waals surface area contributed by atoms with Gasteiger partial charge in [-0.1, -0.05) is 77.3 Å². The molecule has 0 aliphatic carbocycles. The molecule has 0 fully saturated rings. The van der Waals surface area contributed by atoms with Gasteiger partial charge in [0, 0.05) is 10.7 Å². The Morgan fingerprint density at radius 3 is 1.40 bits per heavy atom. The highest BCUT2D eigenvalue weighted by molar-refractivity contribution is 9.09. The number of hydrogen-bond donors (Lipinski definition) is 2. The van der Waals surface area contributed by atoms with E-state index in [4.69, 9.17) is 11.5 Å². The van der Waals surface area contributed by atoms with Gasteiger partial charge < -0.3 is 11.5 Å². The summed E-state index contributed by atoms with van der Waals surface area (Å²) in [5, 5.41) is 2.35. The lowest BCUT2D eigenvalue weighted by Crippen LogP contribution is -2.12. The molecular formula is C16H36Br2N2. The first kappa shape index (κ1) is 23.2. The van der Waals surface area contributed by atoms with Crippen molar-refractivity contribution in [3.8, 4) is 0 Å². The quantitative estimate of drug-likeness (QED) is 0.320. The average Bonchev–Trinajstić information content (AvgIpc) is 2.48. The van der Waals surface area contributed by atoms with E-state index in [1.54, 1.807) is 0 Å². The van der Waals surface area contributed by atoms with E-state index in [0.717, 1.165) is 19.5 Å². The van der Waals surface area contributed by atoms with Crippen LogP contribution in [0.3, 0.4) is 0 Å². The minimum absolute atomic E-state index is 0.651. The first-order chi connectivity index (χ1) is 9.72. The second-order valence-corrected chi connectivity index (χ2v) is 7.06. The predicted octanol–water partition coefficient (Wildman–Crippen LogP) is 5.22. The van der Waals surface area contributed by atoms with Crippen LogP contribution in [0.1, 0.15) is 71.1 Å². The maximum atomic E-state index is 5.37. The van der Waals surface area contributed by atoms with Crippen LogP contribution in [0, 0.1) is 5.92 Å². The monoisotopic (exact) mass is 414 g/mol. The van der Waals surface area contributed by atoms with Crippen LogP contribution in [-0.4, -0.2) is 23.7 Å². The van der Waals surface area contributed by atoms with Crippen molar-refractivity contribution in [1.82, 2.24) is 0 Å². The molecule has 0 heterocycles. The second-order valence-electron chi connectivity index (χ2n) is 5.48. The van der Waals surface area contributed by atoms with Crippen molar-refractivity contribution in [2.75, 3.05) is 23.7 Å². The molecule has 1 unspecified atom stereocenters. The Kier molecular flexibility index (Phi) is 25.7. The summed E-state index contributed by atoms with van der Waals surface area (Å²) in [6.07, 6.45) is 13.5. The molecule has 0 aliphatic heterocycles. The Labute approximate surface area is 144 Å².